The van der Waals surface area contributed by atoms with Crippen molar-refractivity contribution in [2.75, 3.05) is 0 Å². The third-order valence-electron chi connectivity index (χ3n) is 5.36. The first-order valence-electron chi connectivity index (χ1n) is 8.46. The second-order valence-electron chi connectivity index (χ2n) is 6.64. The van der Waals surface area contributed by atoms with Gasteiger partial charge in [-0.2, -0.15) is 9.13 Å². The van der Waals surface area contributed by atoms with Crippen LogP contribution < -0.4 is 9.13 Å². The van der Waals surface area contributed by atoms with Crippen molar-refractivity contribution in [3.63, 3.8) is 0 Å². The Balaban J connectivity index is 1.91. The Hall–Kier alpha value is -2.48. The molecular formula is C21H20N2+2. The third-order valence-corrected chi connectivity index (χ3v) is 5.36. The normalized spacial score (nSPS) is 14.5. The zero-order valence-corrected chi connectivity index (χ0v) is 13.4. The molecule has 0 saturated carbocycles. The summed E-state index contributed by atoms with van der Waals surface area (Å²) in [7, 11) is 0. The molecule has 0 N–H and O–H groups in total. The minimum absolute atomic E-state index is 1.08. The Kier molecular flexibility index (Phi) is 2.69. The van der Waals surface area contributed by atoms with Gasteiger partial charge in [0, 0.05) is 37.1 Å². The van der Waals surface area contributed by atoms with Crippen LogP contribution >= 0.6 is 0 Å². The van der Waals surface area contributed by atoms with E-state index >= 15 is 0 Å². The largest absolute Gasteiger partial charge is 0.213 e. The molecule has 112 valence electrons. The number of pyridine rings is 2. The molecule has 23 heavy (non-hydrogen) atoms. The number of benzene rings is 1. The maximum atomic E-state index is 2.43. The number of nitrogens with zero attached hydrogens (tertiary/aromatic N) is 2. The summed E-state index contributed by atoms with van der Waals surface area (Å²) in [6, 6.07) is 15.6. The summed E-state index contributed by atoms with van der Waals surface area (Å²) in [5.74, 6) is 0. The van der Waals surface area contributed by atoms with Crippen LogP contribution in [0.5, 0.6) is 0 Å². The fourth-order valence-electron chi connectivity index (χ4n) is 4.29. The van der Waals surface area contributed by atoms with E-state index in [0.717, 1.165) is 25.9 Å². The molecule has 5 rings (SSSR count). The molecule has 2 aliphatic rings. The van der Waals surface area contributed by atoms with E-state index < -0.39 is 0 Å². The van der Waals surface area contributed by atoms with Crippen LogP contribution in [-0.2, 0) is 25.9 Å². The molecule has 1 aromatic carbocycles. The van der Waals surface area contributed by atoms with E-state index in [9.17, 15) is 0 Å². The van der Waals surface area contributed by atoms with Crippen molar-refractivity contribution in [3.05, 3.63) is 71.5 Å². The highest BCUT2D eigenvalue weighted by atomic mass is 15.0. The van der Waals surface area contributed by atoms with Gasteiger partial charge in [-0.05, 0) is 35.7 Å². The molecule has 0 aliphatic carbocycles. The Labute approximate surface area is 136 Å². The van der Waals surface area contributed by atoms with Gasteiger partial charge in [0.05, 0.1) is 11.1 Å². The minimum atomic E-state index is 1.08. The molecule has 4 heterocycles. The zero-order valence-electron chi connectivity index (χ0n) is 13.4. The summed E-state index contributed by atoms with van der Waals surface area (Å²) in [6.07, 6.45) is 6.68. The topological polar surface area (TPSA) is 7.76 Å². The van der Waals surface area contributed by atoms with Gasteiger partial charge >= 0.3 is 0 Å². The van der Waals surface area contributed by atoms with E-state index in [4.69, 9.17) is 0 Å². The molecule has 0 saturated heterocycles. The first-order chi connectivity index (χ1) is 11.3. The standard InChI is InChI=1S/C21H20N2/c1-15-14-16-8-12-22-10-4-2-6-18(22)20(16)21-17(15)9-13-23-11-5-3-7-19(21)23/h2-7,10-11,14H,8-9,12-13H2,1H3/q+2. The molecule has 0 spiro atoms. The van der Waals surface area contributed by atoms with E-state index in [2.05, 4.69) is 70.9 Å². The highest BCUT2D eigenvalue weighted by Crippen LogP contribution is 2.40. The van der Waals surface area contributed by atoms with Gasteiger partial charge in [-0.1, -0.05) is 6.07 Å². The van der Waals surface area contributed by atoms with Crippen LogP contribution in [0.3, 0.4) is 0 Å². The van der Waals surface area contributed by atoms with Crippen molar-refractivity contribution >= 4 is 0 Å². The lowest BCUT2D eigenvalue weighted by Gasteiger charge is -2.24. The first kappa shape index (κ1) is 13.0. The number of rotatable bonds is 0. The maximum Gasteiger partial charge on any atom is 0.213 e. The Morgan fingerprint density at radius 2 is 1.43 bits per heavy atom. The van der Waals surface area contributed by atoms with Crippen molar-refractivity contribution in [3.8, 4) is 22.5 Å². The number of hydrogen-bond donors (Lipinski definition) is 0. The van der Waals surface area contributed by atoms with Crippen molar-refractivity contribution < 1.29 is 9.13 Å². The lowest BCUT2D eigenvalue weighted by Crippen LogP contribution is -2.43. The van der Waals surface area contributed by atoms with Gasteiger partial charge in [0.15, 0.2) is 25.5 Å². The van der Waals surface area contributed by atoms with Gasteiger partial charge in [0.25, 0.3) is 0 Å². The Morgan fingerprint density at radius 1 is 0.783 bits per heavy atom. The summed E-state index contributed by atoms with van der Waals surface area (Å²) in [4.78, 5) is 0. The smallest absolute Gasteiger partial charge is 0.198 e. The Morgan fingerprint density at radius 3 is 2.17 bits per heavy atom. The van der Waals surface area contributed by atoms with Crippen LogP contribution in [-0.4, -0.2) is 0 Å². The van der Waals surface area contributed by atoms with Crippen molar-refractivity contribution in [1.82, 2.24) is 0 Å². The van der Waals surface area contributed by atoms with Crippen molar-refractivity contribution in [2.24, 2.45) is 0 Å². The average molecular weight is 300 g/mol. The molecule has 2 nitrogen and oxygen atoms in total. The van der Waals surface area contributed by atoms with Crippen LogP contribution in [0.25, 0.3) is 22.5 Å². The fourth-order valence-corrected chi connectivity index (χ4v) is 4.29. The summed E-state index contributed by atoms with van der Waals surface area (Å²) in [5.41, 5.74) is 10.1. The van der Waals surface area contributed by atoms with E-state index in [1.807, 2.05) is 0 Å². The van der Waals surface area contributed by atoms with E-state index in [0.29, 0.717) is 0 Å². The highest BCUT2D eigenvalue weighted by molar-refractivity contribution is 5.85. The summed E-state index contributed by atoms with van der Waals surface area (Å²) < 4.78 is 4.81. The number of aromatic nitrogens is 2. The monoisotopic (exact) mass is 300 g/mol. The molecule has 3 aromatic rings. The third kappa shape index (κ3) is 1.81. The minimum Gasteiger partial charge on any atom is -0.198 e. The van der Waals surface area contributed by atoms with Gasteiger partial charge in [-0.15, -0.1) is 0 Å². The van der Waals surface area contributed by atoms with Crippen molar-refractivity contribution in [2.45, 2.75) is 32.9 Å². The fraction of sp³-hybridized carbons (Fsp3) is 0.238. The van der Waals surface area contributed by atoms with Gasteiger partial charge in [0.1, 0.15) is 0 Å². The zero-order chi connectivity index (χ0) is 15.4. The van der Waals surface area contributed by atoms with E-state index in [-0.39, 0.29) is 0 Å². The van der Waals surface area contributed by atoms with E-state index in [1.54, 1.807) is 0 Å². The molecule has 2 aromatic heterocycles. The lowest BCUT2D eigenvalue weighted by atomic mass is 9.83. The molecule has 2 aliphatic heterocycles. The average Bonchev–Trinajstić information content (AvgIpc) is 2.61. The molecule has 0 unspecified atom stereocenters. The van der Waals surface area contributed by atoms with Gasteiger partial charge < -0.3 is 0 Å². The molecule has 0 radical (unpaired) electrons. The first-order valence-corrected chi connectivity index (χ1v) is 8.46. The maximum absolute atomic E-state index is 2.43. The molecular weight excluding hydrogens is 280 g/mol. The SMILES string of the molecule is Cc1cc2c(c3c1CC[n+]1ccccc1-3)-c1cccc[n+]1CC2. The molecule has 0 bridgehead atoms. The molecule has 2 heteroatoms. The van der Waals surface area contributed by atoms with Crippen LogP contribution in [0.15, 0.2) is 54.9 Å². The number of aryl methyl sites for hydroxylation is 4. The summed E-state index contributed by atoms with van der Waals surface area (Å²) in [5, 5.41) is 0. The quantitative estimate of drug-likeness (QED) is 0.564. The lowest BCUT2D eigenvalue weighted by molar-refractivity contribution is -0.689. The van der Waals surface area contributed by atoms with Crippen LogP contribution in [0.4, 0.5) is 0 Å². The summed E-state index contributed by atoms with van der Waals surface area (Å²) >= 11 is 0. The highest BCUT2D eigenvalue weighted by Gasteiger charge is 2.33. The van der Waals surface area contributed by atoms with Crippen LogP contribution in [0, 0.1) is 6.92 Å². The predicted octanol–water partition coefficient (Wildman–Crippen LogP) is 3.02. The number of fused-ring (bicyclic) bond motifs is 7. The predicted molar refractivity (Wildman–Crippen MR) is 89.8 cm³/mol. The second-order valence-corrected chi connectivity index (χ2v) is 6.64. The van der Waals surface area contributed by atoms with Gasteiger partial charge in [0.2, 0.25) is 11.4 Å². The van der Waals surface area contributed by atoms with Gasteiger partial charge in [-0.3, -0.25) is 0 Å². The van der Waals surface area contributed by atoms with Gasteiger partial charge in [-0.25, -0.2) is 0 Å². The van der Waals surface area contributed by atoms with E-state index in [1.165, 1.54) is 39.2 Å². The Bertz CT molecular complexity index is 941. The van der Waals surface area contributed by atoms with Crippen LogP contribution in [0.1, 0.15) is 16.7 Å². The molecule has 0 amide bonds. The van der Waals surface area contributed by atoms with Crippen LogP contribution in [0.2, 0.25) is 0 Å². The number of hydrogen-bond acceptors (Lipinski definition) is 0. The molecule has 0 fully saturated rings. The van der Waals surface area contributed by atoms with Crippen molar-refractivity contribution in [1.29, 1.82) is 0 Å². The molecule has 0 atom stereocenters. The summed E-state index contributed by atoms with van der Waals surface area (Å²) in [6.45, 7) is 4.44. The second kappa shape index (κ2) is 4.76.